The zero-order valence-corrected chi connectivity index (χ0v) is 18.8. The van der Waals surface area contributed by atoms with Gasteiger partial charge in [0.1, 0.15) is 0 Å². The first-order valence-electron chi connectivity index (χ1n) is 10.1. The molecule has 6 nitrogen and oxygen atoms in total. The van der Waals surface area contributed by atoms with E-state index >= 15 is 0 Å². The fourth-order valence-electron chi connectivity index (χ4n) is 3.00. The van der Waals surface area contributed by atoms with Gasteiger partial charge in [-0.3, -0.25) is 4.79 Å². The normalized spacial score (nSPS) is 12.3. The topological polar surface area (TPSA) is 64.7 Å². The summed E-state index contributed by atoms with van der Waals surface area (Å²) in [5.74, 6) is -0.00133. The summed E-state index contributed by atoms with van der Waals surface area (Å²) in [7, 11) is 3.97. The molecule has 0 bridgehead atoms. The summed E-state index contributed by atoms with van der Waals surface area (Å²) in [6, 6.07) is 5.93. The molecule has 1 rings (SSSR count). The monoisotopic (exact) mass is 390 g/mol. The van der Waals surface area contributed by atoms with Crippen LogP contribution in [0.4, 0.5) is 16.2 Å². The Hall–Kier alpha value is -2.24. The zero-order chi connectivity index (χ0) is 21.5. The maximum atomic E-state index is 12.6. The van der Waals surface area contributed by atoms with E-state index in [0.29, 0.717) is 19.5 Å². The zero-order valence-electron chi connectivity index (χ0n) is 18.8. The first-order valence-corrected chi connectivity index (χ1v) is 10.1. The van der Waals surface area contributed by atoms with Gasteiger partial charge in [-0.25, -0.2) is 4.79 Å². The van der Waals surface area contributed by atoms with E-state index in [4.69, 9.17) is 0 Å². The van der Waals surface area contributed by atoms with Gasteiger partial charge in [0.15, 0.2) is 0 Å². The van der Waals surface area contributed by atoms with Crippen molar-refractivity contribution in [3.8, 4) is 0 Å². The number of hydrogen-bond donors (Lipinski definition) is 2. The number of amides is 3. The quantitative estimate of drug-likeness (QED) is 0.689. The molecule has 0 unspecified atom stereocenters. The molecule has 0 fully saturated rings. The third-order valence-electron chi connectivity index (χ3n) is 4.59. The van der Waals surface area contributed by atoms with Crippen molar-refractivity contribution in [3.63, 3.8) is 0 Å². The highest BCUT2D eigenvalue weighted by molar-refractivity contribution is 5.91. The van der Waals surface area contributed by atoms with Gasteiger partial charge >= 0.3 is 6.03 Å². The van der Waals surface area contributed by atoms with Gasteiger partial charge in [-0.15, -0.1) is 0 Å². The number of nitrogens with zero attached hydrogens (tertiary/aromatic N) is 2. The molecule has 1 aromatic rings. The summed E-state index contributed by atoms with van der Waals surface area (Å²) in [5, 5.41) is 5.91. The maximum Gasteiger partial charge on any atom is 0.317 e. The van der Waals surface area contributed by atoms with Crippen LogP contribution in [0.3, 0.4) is 0 Å². The van der Waals surface area contributed by atoms with E-state index in [-0.39, 0.29) is 23.4 Å². The molecule has 0 heterocycles. The number of urea groups is 1. The van der Waals surface area contributed by atoms with Crippen LogP contribution in [0, 0.1) is 5.41 Å². The van der Waals surface area contributed by atoms with Crippen LogP contribution in [0.2, 0.25) is 0 Å². The van der Waals surface area contributed by atoms with Gasteiger partial charge in [-0.1, -0.05) is 27.7 Å². The summed E-state index contributed by atoms with van der Waals surface area (Å²) in [4.78, 5) is 28.8. The van der Waals surface area contributed by atoms with Crippen molar-refractivity contribution in [1.29, 1.82) is 0 Å². The second-order valence-corrected chi connectivity index (χ2v) is 8.74. The Labute approximate surface area is 170 Å². The molecule has 0 aliphatic rings. The van der Waals surface area contributed by atoms with Crippen molar-refractivity contribution in [2.24, 2.45) is 5.41 Å². The number of carbonyl (C=O) groups excluding carboxylic acids is 2. The fraction of sp³-hybridized carbons (Fsp3) is 0.636. The number of anilines is 2. The average molecular weight is 391 g/mol. The molecular formula is C22H38N4O2. The Morgan fingerprint density at radius 2 is 1.79 bits per heavy atom. The van der Waals surface area contributed by atoms with Crippen molar-refractivity contribution in [2.45, 2.75) is 67.0 Å². The summed E-state index contributed by atoms with van der Waals surface area (Å²) in [6.45, 7) is 13.3. The van der Waals surface area contributed by atoms with Crippen LogP contribution >= 0.6 is 0 Å². The van der Waals surface area contributed by atoms with Crippen molar-refractivity contribution >= 4 is 23.3 Å². The smallest absolute Gasteiger partial charge is 0.317 e. The van der Waals surface area contributed by atoms with Gasteiger partial charge in [0.2, 0.25) is 5.91 Å². The van der Waals surface area contributed by atoms with Gasteiger partial charge in [0.05, 0.1) is 0 Å². The molecule has 0 aliphatic heterocycles. The number of rotatable bonds is 8. The number of carbonyl (C=O) groups is 2. The lowest BCUT2D eigenvalue weighted by Crippen LogP contribution is -2.44. The van der Waals surface area contributed by atoms with E-state index in [9.17, 15) is 9.59 Å². The van der Waals surface area contributed by atoms with Crippen molar-refractivity contribution in [2.75, 3.05) is 30.9 Å². The van der Waals surface area contributed by atoms with Crippen LogP contribution in [0.1, 0.15) is 59.9 Å². The molecule has 158 valence electrons. The average Bonchev–Trinajstić information content (AvgIpc) is 2.57. The highest BCUT2D eigenvalue weighted by Crippen LogP contribution is 2.26. The Kier molecular flexibility index (Phi) is 8.79. The third-order valence-corrected chi connectivity index (χ3v) is 4.59. The molecule has 2 N–H and O–H groups in total. The van der Waals surface area contributed by atoms with Crippen molar-refractivity contribution in [3.05, 3.63) is 23.8 Å². The maximum absolute atomic E-state index is 12.6. The lowest BCUT2D eigenvalue weighted by molar-refractivity contribution is -0.117. The van der Waals surface area contributed by atoms with Crippen molar-refractivity contribution in [1.82, 2.24) is 10.2 Å². The van der Waals surface area contributed by atoms with Gasteiger partial charge in [0, 0.05) is 51.0 Å². The highest BCUT2D eigenvalue weighted by Gasteiger charge is 2.21. The standard InChI is InChI=1S/C22H38N4O2/c1-9-16(3)26(21(28)23-10-2)15-17-13-18(11-12-19(17)25(7)8)24-20(27)14-22(4,5)6/h11-13,16H,9-10,14-15H2,1-8H3,(H,23,28)(H,24,27)/t16-/m1/s1. The number of nitrogens with one attached hydrogen (secondary N) is 2. The van der Waals surface area contributed by atoms with Crippen LogP contribution in [0.15, 0.2) is 18.2 Å². The minimum atomic E-state index is -0.0674. The number of benzene rings is 1. The van der Waals surface area contributed by atoms with Gasteiger partial charge in [-0.05, 0) is 49.4 Å². The van der Waals surface area contributed by atoms with Gasteiger partial charge < -0.3 is 20.4 Å². The molecule has 1 aromatic carbocycles. The van der Waals surface area contributed by atoms with Crippen LogP contribution in [0.5, 0.6) is 0 Å². The fourth-order valence-corrected chi connectivity index (χ4v) is 3.00. The Bertz CT molecular complexity index is 665. The Morgan fingerprint density at radius 1 is 1.14 bits per heavy atom. The molecule has 0 radical (unpaired) electrons. The minimum Gasteiger partial charge on any atom is -0.377 e. The molecule has 0 saturated heterocycles. The van der Waals surface area contributed by atoms with Crippen LogP contribution in [-0.4, -0.2) is 43.5 Å². The summed E-state index contributed by atoms with van der Waals surface area (Å²) in [5.41, 5.74) is 2.73. The Balaban J connectivity index is 3.15. The van der Waals surface area contributed by atoms with Crippen LogP contribution in [0.25, 0.3) is 0 Å². The highest BCUT2D eigenvalue weighted by atomic mass is 16.2. The molecule has 0 aliphatic carbocycles. The molecule has 3 amide bonds. The molecule has 0 spiro atoms. The second-order valence-electron chi connectivity index (χ2n) is 8.74. The first kappa shape index (κ1) is 23.8. The van der Waals surface area contributed by atoms with Crippen molar-refractivity contribution < 1.29 is 9.59 Å². The third kappa shape index (κ3) is 7.41. The van der Waals surface area contributed by atoms with E-state index in [0.717, 1.165) is 23.4 Å². The largest absolute Gasteiger partial charge is 0.377 e. The summed E-state index contributed by atoms with van der Waals surface area (Å²) in [6.07, 6.45) is 1.33. The van der Waals surface area contributed by atoms with E-state index in [2.05, 4.69) is 24.5 Å². The lowest BCUT2D eigenvalue weighted by Gasteiger charge is -2.30. The molecular weight excluding hydrogens is 352 g/mol. The summed E-state index contributed by atoms with van der Waals surface area (Å²) >= 11 is 0. The van der Waals surface area contributed by atoms with E-state index in [1.165, 1.54) is 0 Å². The molecule has 1 atom stereocenters. The molecule has 0 aromatic heterocycles. The molecule has 28 heavy (non-hydrogen) atoms. The second kappa shape index (κ2) is 10.3. The van der Waals surface area contributed by atoms with Gasteiger partial charge in [-0.2, -0.15) is 0 Å². The predicted molar refractivity (Wildman–Crippen MR) is 118 cm³/mol. The first-order chi connectivity index (χ1) is 13.0. The molecule has 0 saturated carbocycles. The summed E-state index contributed by atoms with van der Waals surface area (Å²) < 4.78 is 0. The van der Waals surface area contributed by atoms with Gasteiger partial charge in [0.25, 0.3) is 0 Å². The number of hydrogen-bond acceptors (Lipinski definition) is 3. The van der Waals surface area contributed by atoms with E-state index in [1.807, 2.05) is 69.8 Å². The minimum absolute atomic E-state index is 0.00133. The van der Waals surface area contributed by atoms with Crippen LogP contribution < -0.4 is 15.5 Å². The lowest BCUT2D eigenvalue weighted by atomic mass is 9.92. The van der Waals surface area contributed by atoms with E-state index in [1.54, 1.807) is 0 Å². The Morgan fingerprint density at radius 3 is 2.29 bits per heavy atom. The SMILES string of the molecule is CCNC(=O)N(Cc1cc(NC(=O)CC(C)(C)C)ccc1N(C)C)[C@H](C)CC. The predicted octanol–water partition coefficient (Wildman–Crippen LogP) is 4.46. The molecule has 6 heteroatoms. The van der Waals surface area contributed by atoms with E-state index < -0.39 is 0 Å². The van der Waals surface area contributed by atoms with Crippen LogP contribution in [-0.2, 0) is 11.3 Å².